The predicted molar refractivity (Wildman–Crippen MR) is 126 cm³/mol. The van der Waals surface area contributed by atoms with Gasteiger partial charge in [0.1, 0.15) is 18.5 Å². The molecule has 1 saturated heterocycles. The summed E-state index contributed by atoms with van der Waals surface area (Å²) in [6.45, 7) is 6.19. The lowest BCUT2D eigenvalue weighted by Crippen LogP contribution is -2.49. The first-order chi connectivity index (χ1) is 15.3. The van der Waals surface area contributed by atoms with E-state index in [1.807, 2.05) is 30.3 Å². The van der Waals surface area contributed by atoms with Gasteiger partial charge < -0.3 is 14.7 Å². The van der Waals surface area contributed by atoms with E-state index < -0.39 is 6.10 Å². The number of ether oxygens (including phenoxy) is 1. The first-order valence-electron chi connectivity index (χ1n) is 11.2. The van der Waals surface area contributed by atoms with E-state index in [-0.39, 0.29) is 0 Å². The van der Waals surface area contributed by atoms with Gasteiger partial charge in [0.15, 0.2) is 0 Å². The van der Waals surface area contributed by atoms with Crippen LogP contribution in [0.1, 0.15) is 5.56 Å². The van der Waals surface area contributed by atoms with Gasteiger partial charge in [-0.3, -0.25) is 4.90 Å². The van der Waals surface area contributed by atoms with Gasteiger partial charge in [0.2, 0.25) is 0 Å². The van der Waals surface area contributed by atoms with E-state index in [2.05, 4.69) is 64.4 Å². The van der Waals surface area contributed by atoms with Gasteiger partial charge in [0.25, 0.3) is 0 Å². The third kappa shape index (κ3) is 6.66. The summed E-state index contributed by atoms with van der Waals surface area (Å²) in [6, 6.07) is 29.0. The van der Waals surface area contributed by atoms with Crippen LogP contribution in [0.3, 0.4) is 0 Å². The summed E-state index contributed by atoms with van der Waals surface area (Å²) in [5.74, 6) is 0.796. The number of hydrogen-bond acceptors (Lipinski definition) is 4. The summed E-state index contributed by atoms with van der Waals surface area (Å²) in [5, 5.41) is 10.4. The number of benzene rings is 3. The van der Waals surface area contributed by atoms with Gasteiger partial charge in [0, 0.05) is 39.3 Å². The van der Waals surface area contributed by atoms with E-state index >= 15 is 0 Å². The van der Waals surface area contributed by atoms with Crippen molar-refractivity contribution in [2.45, 2.75) is 12.5 Å². The Morgan fingerprint density at radius 2 is 1.29 bits per heavy atom. The Kier molecular flexibility index (Phi) is 7.72. The number of aliphatic hydroxyl groups excluding tert-OH is 1. The molecule has 0 spiro atoms. The van der Waals surface area contributed by atoms with Gasteiger partial charge in [-0.25, -0.2) is 0 Å². The molecule has 0 aliphatic carbocycles. The lowest BCUT2D eigenvalue weighted by atomic mass is 10.1. The van der Waals surface area contributed by atoms with Crippen LogP contribution in [0.25, 0.3) is 11.1 Å². The lowest BCUT2D eigenvalue weighted by Gasteiger charge is -2.35. The van der Waals surface area contributed by atoms with Gasteiger partial charge >= 0.3 is 0 Å². The van der Waals surface area contributed by atoms with Gasteiger partial charge in [-0.15, -0.1) is 0 Å². The average molecular weight is 417 g/mol. The summed E-state index contributed by atoms with van der Waals surface area (Å²) in [5.41, 5.74) is 3.75. The standard InChI is InChI=1S/C27H32N2O2/c30-26(22-31-27-13-11-25(12-14-27)24-9-5-2-6-10-24)21-29-19-17-28(18-20-29)16-15-23-7-3-1-4-8-23/h1-14,26,30H,15-22H2/t26-/m0/s1. The smallest absolute Gasteiger partial charge is 0.119 e. The van der Waals surface area contributed by atoms with Crippen molar-refractivity contribution in [3.63, 3.8) is 0 Å². The van der Waals surface area contributed by atoms with Crippen LogP contribution in [0.4, 0.5) is 0 Å². The summed E-state index contributed by atoms with van der Waals surface area (Å²) in [7, 11) is 0. The molecule has 1 atom stereocenters. The van der Waals surface area contributed by atoms with E-state index in [4.69, 9.17) is 4.74 Å². The van der Waals surface area contributed by atoms with Crippen LogP contribution in [-0.2, 0) is 6.42 Å². The molecule has 0 saturated carbocycles. The molecule has 0 unspecified atom stereocenters. The first kappa shape index (κ1) is 21.6. The molecule has 1 heterocycles. The molecule has 0 bridgehead atoms. The van der Waals surface area contributed by atoms with Crippen molar-refractivity contribution in [2.24, 2.45) is 0 Å². The van der Waals surface area contributed by atoms with E-state index in [0.29, 0.717) is 13.2 Å². The molecule has 3 aromatic carbocycles. The fourth-order valence-corrected chi connectivity index (χ4v) is 4.04. The SMILES string of the molecule is O[C@H](COc1ccc(-c2ccccc2)cc1)CN1CCN(CCc2ccccc2)CC1. The maximum absolute atomic E-state index is 10.4. The Balaban J connectivity index is 1.15. The van der Waals surface area contributed by atoms with Gasteiger partial charge in [-0.2, -0.15) is 0 Å². The molecule has 0 radical (unpaired) electrons. The van der Waals surface area contributed by atoms with Crippen molar-refractivity contribution in [3.05, 3.63) is 90.5 Å². The summed E-state index contributed by atoms with van der Waals surface area (Å²) < 4.78 is 5.82. The molecule has 162 valence electrons. The van der Waals surface area contributed by atoms with Crippen molar-refractivity contribution in [1.82, 2.24) is 9.80 Å². The molecule has 1 aliphatic rings. The minimum atomic E-state index is -0.482. The van der Waals surface area contributed by atoms with Crippen LogP contribution < -0.4 is 4.74 Å². The Labute approximate surface area is 185 Å². The van der Waals surface area contributed by atoms with E-state index in [1.54, 1.807) is 0 Å². The van der Waals surface area contributed by atoms with E-state index in [1.165, 1.54) is 16.7 Å². The van der Waals surface area contributed by atoms with Crippen LogP contribution >= 0.6 is 0 Å². The zero-order chi connectivity index (χ0) is 21.3. The number of piperazine rings is 1. The second-order valence-corrected chi connectivity index (χ2v) is 8.23. The number of nitrogens with zero attached hydrogens (tertiary/aromatic N) is 2. The fraction of sp³-hybridized carbons (Fsp3) is 0.333. The average Bonchev–Trinajstić information content (AvgIpc) is 2.84. The van der Waals surface area contributed by atoms with Crippen LogP contribution in [0.15, 0.2) is 84.9 Å². The number of rotatable bonds is 9. The molecular formula is C27H32N2O2. The number of hydrogen-bond donors (Lipinski definition) is 1. The number of β-amino-alcohol motifs (C(OH)–C–C–N with tert-alkyl or cyclic N) is 1. The second-order valence-electron chi connectivity index (χ2n) is 8.23. The quantitative estimate of drug-likeness (QED) is 0.573. The van der Waals surface area contributed by atoms with Crippen molar-refractivity contribution in [2.75, 3.05) is 45.9 Å². The highest BCUT2D eigenvalue weighted by Crippen LogP contribution is 2.22. The van der Waals surface area contributed by atoms with Crippen molar-refractivity contribution < 1.29 is 9.84 Å². The molecule has 3 aromatic rings. The normalized spacial score (nSPS) is 16.2. The molecule has 4 rings (SSSR count). The molecule has 4 heteroatoms. The topological polar surface area (TPSA) is 35.9 Å². The summed E-state index contributed by atoms with van der Waals surface area (Å²) >= 11 is 0. The van der Waals surface area contributed by atoms with Crippen molar-refractivity contribution in [1.29, 1.82) is 0 Å². The third-order valence-corrected chi connectivity index (χ3v) is 5.90. The zero-order valence-corrected chi connectivity index (χ0v) is 18.1. The Hall–Kier alpha value is -2.66. The number of aliphatic hydroxyl groups is 1. The Morgan fingerprint density at radius 3 is 1.97 bits per heavy atom. The molecule has 0 aromatic heterocycles. The summed E-state index contributed by atoms with van der Waals surface area (Å²) in [4.78, 5) is 4.85. The highest BCUT2D eigenvalue weighted by Gasteiger charge is 2.19. The molecule has 1 aliphatic heterocycles. The molecule has 31 heavy (non-hydrogen) atoms. The molecule has 1 N–H and O–H groups in total. The third-order valence-electron chi connectivity index (χ3n) is 5.90. The zero-order valence-electron chi connectivity index (χ0n) is 18.1. The van der Waals surface area contributed by atoms with Crippen LogP contribution in [0.2, 0.25) is 0 Å². The molecule has 0 amide bonds. The Bertz CT molecular complexity index is 892. The molecule has 1 fully saturated rings. The lowest BCUT2D eigenvalue weighted by molar-refractivity contribution is 0.0463. The van der Waals surface area contributed by atoms with Gasteiger partial charge in [-0.05, 0) is 35.2 Å². The maximum Gasteiger partial charge on any atom is 0.119 e. The van der Waals surface area contributed by atoms with Crippen LogP contribution in [0, 0.1) is 0 Å². The van der Waals surface area contributed by atoms with Gasteiger partial charge in [0.05, 0.1) is 0 Å². The highest BCUT2D eigenvalue weighted by atomic mass is 16.5. The Morgan fingerprint density at radius 1 is 0.710 bits per heavy atom. The highest BCUT2D eigenvalue weighted by molar-refractivity contribution is 5.63. The minimum Gasteiger partial charge on any atom is -0.491 e. The molecular weight excluding hydrogens is 384 g/mol. The van der Waals surface area contributed by atoms with Crippen LogP contribution in [0.5, 0.6) is 5.75 Å². The minimum absolute atomic E-state index is 0.318. The second kappa shape index (κ2) is 11.1. The molecule has 4 nitrogen and oxygen atoms in total. The van der Waals surface area contributed by atoms with Crippen molar-refractivity contribution in [3.8, 4) is 16.9 Å². The summed E-state index contributed by atoms with van der Waals surface area (Å²) in [6.07, 6.45) is 0.616. The fourth-order valence-electron chi connectivity index (χ4n) is 4.04. The van der Waals surface area contributed by atoms with E-state index in [0.717, 1.165) is 44.9 Å². The predicted octanol–water partition coefficient (Wildman–Crippen LogP) is 3.95. The van der Waals surface area contributed by atoms with E-state index in [9.17, 15) is 5.11 Å². The van der Waals surface area contributed by atoms with Crippen LogP contribution in [-0.4, -0.2) is 66.9 Å². The maximum atomic E-state index is 10.4. The monoisotopic (exact) mass is 416 g/mol. The largest absolute Gasteiger partial charge is 0.491 e. The first-order valence-corrected chi connectivity index (χ1v) is 11.2. The van der Waals surface area contributed by atoms with Gasteiger partial charge in [-0.1, -0.05) is 72.8 Å². The van der Waals surface area contributed by atoms with Crippen molar-refractivity contribution >= 4 is 0 Å².